The molecule has 0 aromatic heterocycles. The van der Waals surface area contributed by atoms with Gasteiger partial charge in [-0.2, -0.15) is 0 Å². The van der Waals surface area contributed by atoms with Crippen molar-refractivity contribution in [2.45, 2.75) is 65.1 Å². The van der Waals surface area contributed by atoms with E-state index in [2.05, 4.69) is 16.0 Å². The van der Waals surface area contributed by atoms with E-state index in [-0.39, 0.29) is 30.3 Å². The van der Waals surface area contributed by atoms with Gasteiger partial charge in [0.1, 0.15) is 17.7 Å². The highest BCUT2D eigenvalue weighted by Gasteiger charge is 2.32. The van der Waals surface area contributed by atoms with Crippen molar-refractivity contribution in [2.75, 3.05) is 27.8 Å². The molecule has 4 N–H and O–H groups in total. The van der Waals surface area contributed by atoms with Crippen LogP contribution in [0.25, 0.3) is 6.08 Å². The molecule has 13 nitrogen and oxygen atoms in total. The van der Waals surface area contributed by atoms with Crippen LogP contribution in [0, 0.1) is 5.92 Å². The molecule has 0 bridgehead atoms. The fourth-order valence-electron chi connectivity index (χ4n) is 3.37. The number of methoxy groups -OCH3 is 1. The summed E-state index contributed by atoms with van der Waals surface area (Å²) in [6.07, 6.45) is 2.52. The average molecular weight is 579 g/mol. The molecule has 0 aliphatic rings. The number of hydrogen-bond donors (Lipinski definition) is 4. The fourth-order valence-corrected chi connectivity index (χ4v) is 3.37. The standard InChI is InChI=1S/C28H42N4O9/c1-17(2)25(26(37)30-19(27(38)41-28(3,4)5)11-14-24(36)32(6)40-8)31-23(35)16-29-22(34)13-10-18-9-12-20(33)21(15-18)39-7/h9-10,12-13,15,17,19,25,33H,11,14,16H2,1-8H3,(H,29,34)(H,30,37)(H,31,35)/b13-10+/t19-,25+/m1/s1. The number of ether oxygens (including phenoxy) is 2. The zero-order valence-electron chi connectivity index (χ0n) is 24.9. The number of carbonyl (C=O) groups is 5. The molecule has 0 saturated heterocycles. The number of rotatable bonds is 14. The normalized spacial score (nSPS) is 12.8. The molecule has 0 heterocycles. The predicted octanol–water partition coefficient (Wildman–Crippen LogP) is 1.30. The van der Waals surface area contributed by atoms with E-state index in [4.69, 9.17) is 14.3 Å². The molecule has 13 heteroatoms. The zero-order chi connectivity index (χ0) is 31.3. The van der Waals surface area contributed by atoms with Crippen LogP contribution in [0.2, 0.25) is 0 Å². The van der Waals surface area contributed by atoms with Crippen molar-refractivity contribution in [3.05, 3.63) is 29.8 Å². The van der Waals surface area contributed by atoms with Crippen molar-refractivity contribution in [1.29, 1.82) is 0 Å². The lowest BCUT2D eigenvalue weighted by Crippen LogP contribution is -2.55. The average Bonchev–Trinajstić information content (AvgIpc) is 2.90. The Balaban J connectivity index is 2.83. The van der Waals surface area contributed by atoms with E-state index in [1.807, 2.05) is 0 Å². The highest BCUT2D eigenvalue weighted by atomic mass is 16.7. The van der Waals surface area contributed by atoms with Gasteiger partial charge in [0.25, 0.3) is 0 Å². The van der Waals surface area contributed by atoms with Gasteiger partial charge in [0.15, 0.2) is 11.5 Å². The van der Waals surface area contributed by atoms with Gasteiger partial charge in [-0.15, -0.1) is 0 Å². The van der Waals surface area contributed by atoms with Gasteiger partial charge in [-0.25, -0.2) is 9.86 Å². The van der Waals surface area contributed by atoms with E-state index in [0.29, 0.717) is 5.56 Å². The number of carbonyl (C=O) groups excluding carboxylic acids is 5. The first-order valence-corrected chi connectivity index (χ1v) is 13.0. The summed E-state index contributed by atoms with van der Waals surface area (Å²) in [5, 5.41) is 18.3. The molecule has 4 amide bonds. The minimum Gasteiger partial charge on any atom is -0.504 e. The first kappa shape index (κ1) is 34.9. The number of nitrogens with one attached hydrogen (secondary N) is 3. The third-order valence-electron chi connectivity index (χ3n) is 5.60. The minimum atomic E-state index is -1.16. The highest BCUT2D eigenvalue weighted by molar-refractivity contribution is 5.96. The Labute approximate surface area is 240 Å². The Kier molecular flexibility index (Phi) is 13.8. The van der Waals surface area contributed by atoms with Crippen LogP contribution in [0.3, 0.4) is 0 Å². The van der Waals surface area contributed by atoms with Gasteiger partial charge in [-0.1, -0.05) is 19.9 Å². The largest absolute Gasteiger partial charge is 0.504 e. The topological polar surface area (TPSA) is 173 Å². The number of esters is 1. The van der Waals surface area contributed by atoms with Crippen LogP contribution < -0.4 is 20.7 Å². The van der Waals surface area contributed by atoms with Crippen LogP contribution >= 0.6 is 0 Å². The Morgan fingerprint density at radius 2 is 1.73 bits per heavy atom. The number of benzene rings is 1. The third kappa shape index (κ3) is 12.7. The summed E-state index contributed by atoms with van der Waals surface area (Å²) in [5.41, 5.74) is -0.244. The molecule has 0 fully saturated rings. The van der Waals surface area contributed by atoms with Crippen molar-refractivity contribution in [2.24, 2.45) is 5.92 Å². The van der Waals surface area contributed by atoms with Crippen LogP contribution in [-0.4, -0.2) is 85.3 Å². The highest BCUT2D eigenvalue weighted by Crippen LogP contribution is 2.26. The van der Waals surface area contributed by atoms with Gasteiger partial charge in [0.2, 0.25) is 23.6 Å². The Hall–Kier alpha value is -4.13. The number of phenolic OH excluding ortho intramolecular Hbond substituents is 1. The van der Waals surface area contributed by atoms with Gasteiger partial charge in [0, 0.05) is 19.5 Å². The number of nitrogens with zero attached hydrogens (tertiary/aromatic N) is 1. The van der Waals surface area contributed by atoms with E-state index in [9.17, 15) is 29.1 Å². The van der Waals surface area contributed by atoms with Crippen molar-refractivity contribution >= 4 is 35.7 Å². The zero-order valence-corrected chi connectivity index (χ0v) is 24.9. The number of aromatic hydroxyl groups is 1. The molecule has 41 heavy (non-hydrogen) atoms. The fraction of sp³-hybridized carbons (Fsp3) is 0.536. The Morgan fingerprint density at radius 1 is 1.07 bits per heavy atom. The summed E-state index contributed by atoms with van der Waals surface area (Å²) in [6, 6.07) is 2.34. The van der Waals surface area contributed by atoms with Crippen LogP contribution in [0.15, 0.2) is 24.3 Å². The molecular weight excluding hydrogens is 536 g/mol. The second-order valence-corrected chi connectivity index (χ2v) is 10.5. The van der Waals surface area contributed by atoms with Crippen molar-refractivity contribution < 1.29 is 43.4 Å². The molecular formula is C28H42N4O9. The van der Waals surface area contributed by atoms with Crippen LogP contribution in [0.5, 0.6) is 11.5 Å². The first-order chi connectivity index (χ1) is 19.1. The van der Waals surface area contributed by atoms with Gasteiger partial charge in [0.05, 0.1) is 20.8 Å². The molecule has 0 aliphatic heterocycles. The summed E-state index contributed by atoms with van der Waals surface area (Å²) in [5.74, 6) is -3.14. The molecule has 0 unspecified atom stereocenters. The Morgan fingerprint density at radius 3 is 2.29 bits per heavy atom. The molecule has 0 spiro atoms. The second-order valence-electron chi connectivity index (χ2n) is 10.5. The Bertz CT molecular complexity index is 1110. The maximum Gasteiger partial charge on any atom is 0.329 e. The smallest absolute Gasteiger partial charge is 0.329 e. The molecule has 2 atom stereocenters. The molecule has 0 saturated carbocycles. The van der Waals surface area contributed by atoms with Crippen molar-refractivity contribution in [1.82, 2.24) is 21.0 Å². The molecule has 0 radical (unpaired) electrons. The summed E-state index contributed by atoms with van der Waals surface area (Å²) in [6.45, 7) is 8.03. The number of hydroxylamine groups is 2. The summed E-state index contributed by atoms with van der Waals surface area (Å²) in [7, 11) is 4.15. The van der Waals surface area contributed by atoms with Crippen molar-refractivity contribution in [3.63, 3.8) is 0 Å². The third-order valence-corrected chi connectivity index (χ3v) is 5.60. The second kappa shape index (κ2) is 16.2. The monoisotopic (exact) mass is 578 g/mol. The van der Waals surface area contributed by atoms with E-state index in [0.717, 1.165) is 5.06 Å². The summed E-state index contributed by atoms with van der Waals surface area (Å²) in [4.78, 5) is 67.7. The molecule has 1 aromatic rings. The molecule has 1 aromatic carbocycles. The lowest BCUT2D eigenvalue weighted by atomic mass is 10.0. The van der Waals surface area contributed by atoms with Crippen LogP contribution in [-0.2, 0) is 33.5 Å². The number of phenols is 1. The van der Waals surface area contributed by atoms with Crippen LogP contribution in [0.1, 0.15) is 53.0 Å². The first-order valence-electron chi connectivity index (χ1n) is 13.0. The predicted molar refractivity (Wildman–Crippen MR) is 150 cm³/mol. The SMILES string of the molecule is COc1cc(/C=C/C(=O)NCC(=O)N[C@H](C(=O)N[C@H](CCC(=O)N(C)OC)C(=O)OC(C)(C)C)C(C)C)ccc1O. The summed E-state index contributed by atoms with van der Waals surface area (Å²) < 4.78 is 10.4. The molecule has 1 rings (SSSR count). The quantitative estimate of drug-likeness (QED) is 0.144. The maximum absolute atomic E-state index is 13.1. The van der Waals surface area contributed by atoms with Gasteiger partial charge in [-0.3, -0.25) is 24.0 Å². The lowest BCUT2D eigenvalue weighted by Gasteiger charge is -2.27. The van der Waals surface area contributed by atoms with E-state index >= 15 is 0 Å². The van der Waals surface area contributed by atoms with E-state index in [1.54, 1.807) is 40.7 Å². The lowest BCUT2D eigenvalue weighted by molar-refractivity contribution is -0.169. The molecule has 0 aliphatic carbocycles. The van der Waals surface area contributed by atoms with Crippen LogP contribution in [0.4, 0.5) is 0 Å². The van der Waals surface area contributed by atoms with Gasteiger partial charge >= 0.3 is 5.97 Å². The van der Waals surface area contributed by atoms with Gasteiger partial charge in [-0.05, 0) is 56.9 Å². The van der Waals surface area contributed by atoms with Gasteiger partial charge < -0.3 is 30.5 Å². The number of amides is 4. The minimum absolute atomic E-state index is 0.0425. The van der Waals surface area contributed by atoms with E-state index < -0.39 is 53.8 Å². The molecule has 228 valence electrons. The summed E-state index contributed by atoms with van der Waals surface area (Å²) >= 11 is 0. The number of hydrogen-bond acceptors (Lipinski definition) is 9. The van der Waals surface area contributed by atoms with Crippen molar-refractivity contribution in [3.8, 4) is 11.5 Å². The van der Waals surface area contributed by atoms with E-state index in [1.165, 1.54) is 45.6 Å². The maximum atomic E-state index is 13.1.